The standard InChI is InChI=1S/C23H28N4O5/c1-29-18-8-7-16(21(30-2)22(18)31-3)23-25-19(32-26-23)14-27-12-9-15(10-13-27)20(28)17-6-4-5-11-24-17/h4-8,11,15,20,28H,9-10,12-14H2,1-3H3. The van der Waals surface area contributed by atoms with Crippen molar-refractivity contribution in [1.82, 2.24) is 20.0 Å². The van der Waals surface area contributed by atoms with E-state index in [0.717, 1.165) is 31.6 Å². The summed E-state index contributed by atoms with van der Waals surface area (Å²) >= 11 is 0. The van der Waals surface area contributed by atoms with Crippen LogP contribution in [-0.2, 0) is 6.54 Å². The molecule has 2 aromatic heterocycles. The first-order valence-corrected chi connectivity index (χ1v) is 10.6. The molecule has 1 fully saturated rings. The van der Waals surface area contributed by atoms with Gasteiger partial charge in [0.15, 0.2) is 11.5 Å². The van der Waals surface area contributed by atoms with E-state index in [2.05, 4.69) is 20.0 Å². The van der Waals surface area contributed by atoms with Crippen LogP contribution < -0.4 is 14.2 Å². The predicted octanol–water partition coefficient (Wildman–Crippen LogP) is 3.10. The van der Waals surface area contributed by atoms with Gasteiger partial charge in [-0.25, -0.2) is 0 Å². The van der Waals surface area contributed by atoms with E-state index in [1.54, 1.807) is 33.6 Å². The summed E-state index contributed by atoms with van der Waals surface area (Å²) < 4.78 is 21.8. The van der Waals surface area contributed by atoms with Crippen molar-refractivity contribution in [3.63, 3.8) is 0 Å². The normalized spacial score (nSPS) is 16.0. The quantitative estimate of drug-likeness (QED) is 0.566. The number of likely N-dealkylation sites (tertiary alicyclic amines) is 1. The molecule has 0 bridgehead atoms. The van der Waals surface area contributed by atoms with Crippen molar-refractivity contribution in [2.45, 2.75) is 25.5 Å². The molecule has 1 saturated heterocycles. The van der Waals surface area contributed by atoms with Crippen LogP contribution in [0, 0.1) is 5.92 Å². The molecular formula is C23H28N4O5. The highest BCUT2D eigenvalue weighted by atomic mass is 16.5. The number of aromatic nitrogens is 3. The van der Waals surface area contributed by atoms with E-state index in [9.17, 15) is 5.11 Å². The third-order valence-electron chi connectivity index (χ3n) is 5.84. The summed E-state index contributed by atoms with van der Waals surface area (Å²) in [5.41, 5.74) is 1.40. The summed E-state index contributed by atoms with van der Waals surface area (Å²) in [6, 6.07) is 9.24. The number of piperidine rings is 1. The van der Waals surface area contributed by atoms with Crippen molar-refractivity contribution in [3.05, 3.63) is 48.1 Å². The molecule has 170 valence electrons. The molecule has 0 aliphatic carbocycles. The van der Waals surface area contributed by atoms with Gasteiger partial charge in [-0.05, 0) is 56.1 Å². The van der Waals surface area contributed by atoms with Crippen LogP contribution in [0.2, 0.25) is 0 Å². The fourth-order valence-corrected chi connectivity index (χ4v) is 4.12. The summed E-state index contributed by atoms with van der Waals surface area (Å²) in [6.07, 6.45) is 2.93. The second-order valence-corrected chi connectivity index (χ2v) is 7.71. The zero-order valence-corrected chi connectivity index (χ0v) is 18.5. The zero-order valence-electron chi connectivity index (χ0n) is 18.5. The minimum absolute atomic E-state index is 0.190. The molecule has 1 aliphatic rings. The topological polar surface area (TPSA) is 103 Å². The van der Waals surface area contributed by atoms with Gasteiger partial charge < -0.3 is 23.8 Å². The Hall–Kier alpha value is -3.17. The highest BCUT2D eigenvalue weighted by molar-refractivity contribution is 5.71. The van der Waals surface area contributed by atoms with Crippen molar-refractivity contribution in [1.29, 1.82) is 0 Å². The molecule has 1 unspecified atom stereocenters. The lowest BCUT2D eigenvalue weighted by molar-refractivity contribution is 0.0511. The third-order valence-corrected chi connectivity index (χ3v) is 5.84. The van der Waals surface area contributed by atoms with Crippen molar-refractivity contribution in [2.75, 3.05) is 34.4 Å². The Morgan fingerprint density at radius 2 is 1.84 bits per heavy atom. The van der Waals surface area contributed by atoms with Gasteiger partial charge in [-0.2, -0.15) is 4.98 Å². The van der Waals surface area contributed by atoms with E-state index in [1.165, 1.54) is 0 Å². The van der Waals surface area contributed by atoms with Gasteiger partial charge in [0.1, 0.15) is 0 Å². The van der Waals surface area contributed by atoms with Gasteiger partial charge in [-0.15, -0.1) is 0 Å². The first-order valence-electron chi connectivity index (χ1n) is 10.6. The second-order valence-electron chi connectivity index (χ2n) is 7.71. The number of hydrogen-bond donors (Lipinski definition) is 1. The molecule has 4 rings (SSSR count). The molecular weight excluding hydrogens is 412 g/mol. The van der Waals surface area contributed by atoms with Crippen LogP contribution in [0.3, 0.4) is 0 Å². The van der Waals surface area contributed by atoms with Crippen LogP contribution in [0.5, 0.6) is 17.2 Å². The van der Waals surface area contributed by atoms with Crippen LogP contribution >= 0.6 is 0 Å². The average molecular weight is 441 g/mol. The number of methoxy groups -OCH3 is 3. The van der Waals surface area contributed by atoms with E-state index in [4.69, 9.17) is 18.7 Å². The van der Waals surface area contributed by atoms with Gasteiger partial charge in [0.25, 0.3) is 0 Å². The molecule has 1 aromatic carbocycles. The molecule has 9 heteroatoms. The van der Waals surface area contributed by atoms with Gasteiger partial charge in [0, 0.05) is 6.20 Å². The lowest BCUT2D eigenvalue weighted by Crippen LogP contribution is -2.35. The number of aliphatic hydroxyl groups is 1. The fraction of sp³-hybridized carbons (Fsp3) is 0.435. The SMILES string of the molecule is COc1ccc(-c2noc(CN3CCC(C(O)c4ccccn4)CC3)n2)c(OC)c1OC. The summed E-state index contributed by atoms with van der Waals surface area (Å²) in [5, 5.41) is 14.8. The molecule has 0 spiro atoms. The average Bonchev–Trinajstić information content (AvgIpc) is 3.31. The molecule has 3 aromatic rings. The molecule has 9 nitrogen and oxygen atoms in total. The van der Waals surface area contributed by atoms with E-state index in [-0.39, 0.29) is 5.92 Å². The monoisotopic (exact) mass is 440 g/mol. The van der Waals surface area contributed by atoms with E-state index in [1.807, 2.05) is 24.3 Å². The summed E-state index contributed by atoms with van der Waals surface area (Å²) in [7, 11) is 4.69. The fourth-order valence-electron chi connectivity index (χ4n) is 4.12. The third kappa shape index (κ3) is 4.53. The highest BCUT2D eigenvalue weighted by Gasteiger charge is 2.28. The molecule has 32 heavy (non-hydrogen) atoms. The minimum Gasteiger partial charge on any atom is -0.493 e. The first-order chi connectivity index (χ1) is 15.6. The molecule has 1 atom stereocenters. The maximum atomic E-state index is 10.6. The molecule has 1 aliphatic heterocycles. The summed E-state index contributed by atoms with van der Waals surface area (Å²) in [4.78, 5) is 11.1. The van der Waals surface area contributed by atoms with Crippen LogP contribution in [0.1, 0.15) is 30.5 Å². The Labute approximate surface area is 186 Å². The number of pyridine rings is 1. The van der Waals surface area contributed by atoms with E-state index in [0.29, 0.717) is 41.1 Å². The Kier molecular flexibility index (Phi) is 6.87. The minimum atomic E-state index is -0.536. The van der Waals surface area contributed by atoms with Crippen LogP contribution in [0.4, 0.5) is 0 Å². The molecule has 1 N–H and O–H groups in total. The van der Waals surface area contributed by atoms with Gasteiger partial charge in [0.05, 0.1) is 45.2 Å². The number of hydrogen-bond acceptors (Lipinski definition) is 9. The smallest absolute Gasteiger partial charge is 0.241 e. The molecule has 0 saturated carbocycles. The number of benzene rings is 1. The number of ether oxygens (including phenoxy) is 3. The summed E-state index contributed by atoms with van der Waals surface area (Å²) in [6.45, 7) is 2.23. The van der Waals surface area contributed by atoms with Crippen molar-refractivity contribution in [3.8, 4) is 28.6 Å². The largest absolute Gasteiger partial charge is 0.493 e. The first kappa shape index (κ1) is 22.0. The Morgan fingerprint density at radius 3 is 2.50 bits per heavy atom. The summed E-state index contributed by atoms with van der Waals surface area (Å²) in [5.74, 6) is 2.68. The molecule has 0 amide bonds. The maximum Gasteiger partial charge on any atom is 0.241 e. The number of aliphatic hydroxyl groups excluding tert-OH is 1. The lowest BCUT2D eigenvalue weighted by Gasteiger charge is -2.33. The van der Waals surface area contributed by atoms with E-state index >= 15 is 0 Å². The number of rotatable bonds is 8. The predicted molar refractivity (Wildman–Crippen MR) is 117 cm³/mol. The van der Waals surface area contributed by atoms with Crippen molar-refractivity contribution >= 4 is 0 Å². The Balaban J connectivity index is 1.41. The van der Waals surface area contributed by atoms with Gasteiger partial charge >= 0.3 is 0 Å². The Bertz CT molecular complexity index is 1020. The van der Waals surface area contributed by atoms with Crippen LogP contribution in [0.15, 0.2) is 41.1 Å². The van der Waals surface area contributed by atoms with E-state index < -0.39 is 6.10 Å². The highest BCUT2D eigenvalue weighted by Crippen LogP contribution is 2.43. The zero-order chi connectivity index (χ0) is 22.5. The Morgan fingerprint density at radius 1 is 1.06 bits per heavy atom. The number of nitrogens with zero attached hydrogens (tertiary/aromatic N) is 4. The maximum absolute atomic E-state index is 10.6. The molecule has 0 radical (unpaired) electrons. The van der Waals surface area contributed by atoms with Crippen molar-refractivity contribution < 1.29 is 23.8 Å². The van der Waals surface area contributed by atoms with Gasteiger partial charge in [-0.1, -0.05) is 11.2 Å². The van der Waals surface area contributed by atoms with Gasteiger partial charge in [0.2, 0.25) is 17.5 Å². The van der Waals surface area contributed by atoms with Crippen LogP contribution in [0.25, 0.3) is 11.4 Å². The molecule has 3 heterocycles. The van der Waals surface area contributed by atoms with Crippen molar-refractivity contribution in [2.24, 2.45) is 5.92 Å². The van der Waals surface area contributed by atoms with Crippen LogP contribution in [-0.4, -0.2) is 59.5 Å². The van der Waals surface area contributed by atoms with Gasteiger partial charge in [-0.3, -0.25) is 9.88 Å². The second kappa shape index (κ2) is 9.97. The lowest BCUT2D eigenvalue weighted by atomic mass is 9.89.